The molecule has 0 radical (unpaired) electrons. The first-order chi connectivity index (χ1) is 9.43. The molecule has 3 unspecified atom stereocenters. The van der Waals surface area contributed by atoms with Gasteiger partial charge in [0.1, 0.15) is 0 Å². The lowest BCUT2D eigenvalue weighted by Crippen LogP contribution is -2.53. The Labute approximate surface area is 123 Å². The van der Waals surface area contributed by atoms with E-state index in [9.17, 15) is 9.90 Å². The van der Waals surface area contributed by atoms with Crippen molar-refractivity contribution in [1.29, 1.82) is 0 Å². The number of aliphatic hydroxyl groups excluding tert-OH is 1. The minimum Gasteiger partial charge on any atom is -0.393 e. The summed E-state index contributed by atoms with van der Waals surface area (Å²) in [4.78, 5) is 14.1. The fourth-order valence-corrected chi connectivity index (χ4v) is 2.79. The molecule has 0 aromatic rings. The third kappa shape index (κ3) is 5.80. The van der Waals surface area contributed by atoms with Crippen LogP contribution in [0, 0.1) is 11.8 Å². The largest absolute Gasteiger partial charge is 0.393 e. The standard InChI is InChI=1S/C16H32N2O2/c1-5-6-16(20)18-10-14(13(4)19)9-15(11-18)17-8-7-12(2)3/h12-15,17,19H,5-11H2,1-4H3. The number of carbonyl (C=O) groups excluding carboxylic acids is 1. The number of hydrogen-bond acceptors (Lipinski definition) is 3. The maximum Gasteiger partial charge on any atom is 0.222 e. The van der Waals surface area contributed by atoms with Crippen LogP contribution in [0.15, 0.2) is 0 Å². The van der Waals surface area contributed by atoms with Gasteiger partial charge < -0.3 is 15.3 Å². The van der Waals surface area contributed by atoms with Crippen molar-refractivity contribution in [1.82, 2.24) is 10.2 Å². The highest BCUT2D eigenvalue weighted by atomic mass is 16.3. The first-order valence-corrected chi connectivity index (χ1v) is 8.13. The zero-order valence-electron chi connectivity index (χ0n) is 13.6. The molecule has 4 nitrogen and oxygen atoms in total. The van der Waals surface area contributed by atoms with E-state index in [0.29, 0.717) is 24.9 Å². The molecule has 1 amide bonds. The average molecular weight is 284 g/mol. The molecule has 0 spiro atoms. The molecule has 0 aromatic heterocycles. The summed E-state index contributed by atoms with van der Waals surface area (Å²) in [5.41, 5.74) is 0. The van der Waals surface area contributed by atoms with Crippen LogP contribution in [0.3, 0.4) is 0 Å². The van der Waals surface area contributed by atoms with Gasteiger partial charge in [-0.1, -0.05) is 20.8 Å². The topological polar surface area (TPSA) is 52.6 Å². The maximum absolute atomic E-state index is 12.1. The van der Waals surface area contributed by atoms with Gasteiger partial charge in [-0.3, -0.25) is 4.79 Å². The molecule has 0 aromatic carbocycles. The molecular formula is C16H32N2O2. The van der Waals surface area contributed by atoms with Gasteiger partial charge in [0, 0.05) is 31.5 Å². The van der Waals surface area contributed by atoms with Crippen LogP contribution in [0.25, 0.3) is 0 Å². The van der Waals surface area contributed by atoms with Gasteiger partial charge in [0.05, 0.1) is 6.10 Å². The van der Waals surface area contributed by atoms with Crippen LogP contribution >= 0.6 is 0 Å². The third-order valence-electron chi connectivity index (χ3n) is 4.14. The van der Waals surface area contributed by atoms with Crippen molar-refractivity contribution >= 4 is 5.91 Å². The van der Waals surface area contributed by atoms with E-state index >= 15 is 0 Å². The Balaban J connectivity index is 2.54. The molecule has 1 aliphatic rings. The van der Waals surface area contributed by atoms with Gasteiger partial charge in [-0.05, 0) is 38.6 Å². The predicted octanol–water partition coefficient (Wildman–Crippen LogP) is 2.02. The second-order valence-electron chi connectivity index (χ2n) is 6.62. The third-order valence-corrected chi connectivity index (χ3v) is 4.14. The number of nitrogens with zero attached hydrogens (tertiary/aromatic N) is 1. The zero-order valence-corrected chi connectivity index (χ0v) is 13.6. The summed E-state index contributed by atoms with van der Waals surface area (Å²) in [5.74, 6) is 1.12. The number of rotatable bonds is 7. The second kappa shape index (κ2) is 8.63. The number of amides is 1. The minimum atomic E-state index is -0.346. The van der Waals surface area contributed by atoms with E-state index in [1.165, 1.54) is 0 Å². The maximum atomic E-state index is 12.1. The number of carbonyl (C=O) groups is 1. The van der Waals surface area contributed by atoms with E-state index in [-0.39, 0.29) is 17.9 Å². The lowest BCUT2D eigenvalue weighted by Gasteiger charge is -2.39. The first kappa shape index (κ1) is 17.4. The minimum absolute atomic E-state index is 0.195. The SMILES string of the molecule is CCCC(=O)N1CC(NCCC(C)C)CC(C(C)O)C1. The molecule has 20 heavy (non-hydrogen) atoms. The Bertz CT molecular complexity index is 292. The summed E-state index contributed by atoms with van der Waals surface area (Å²) in [7, 11) is 0. The highest BCUT2D eigenvalue weighted by molar-refractivity contribution is 5.76. The van der Waals surface area contributed by atoms with Crippen molar-refractivity contribution in [3.63, 3.8) is 0 Å². The fourth-order valence-electron chi connectivity index (χ4n) is 2.79. The number of nitrogens with one attached hydrogen (secondary N) is 1. The summed E-state index contributed by atoms with van der Waals surface area (Å²) >= 11 is 0. The van der Waals surface area contributed by atoms with Crippen molar-refractivity contribution in [3.8, 4) is 0 Å². The highest BCUT2D eigenvalue weighted by Gasteiger charge is 2.31. The normalized spacial score (nSPS) is 25.0. The molecule has 118 valence electrons. The fraction of sp³-hybridized carbons (Fsp3) is 0.938. The number of likely N-dealkylation sites (tertiary alicyclic amines) is 1. The quantitative estimate of drug-likeness (QED) is 0.752. The first-order valence-electron chi connectivity index (χ1n) is 8.13. The molecule has 3 atom stereocenters. The van der Waals surface area contributed by atoms with E-state index < -0.39 is 0 Å². The van der Waals surface area contributed by atoms with E-state index in [1.54, 1.807) is 0 Å². The molecule has 0 saturated carbocycles. The summed E-state index contributed by atoms with van der Waals surface area (Å²) in [6.07, 6.45) is 3.28. The molecule has 2 N–H and O–H groups in total. The van der Waals surface area contributed by atoms with Gasteiger partial charge in [0.2, 0.25) is 5.91 Å². The van der Waals surface area contributed by atoms with Gasteiger partial charge in [-0.2, -0.15) is 0 Å². The van der Waals surface area contributed by atoms with Gasteiger partial charge in [0.15, 0.2) is 0 Å². The molecule has 1 fully saturated rings. The van der Waals surface area contributed by atoms with E-state index in [4.69, 9.17) is 0 Å². The Morgan fingerprint density at radius 1 is 1.35 bits per heavy atom. The number of aliphatic hydroxyl groups is 1. The van der Waals surface area contributed by atoms with Gasteiger partial charge >= 0.3 is 0 Å². The Morgan fingerprint density at radius 2 is 2.05 bits per heavy atom. The van der Waals surface area contributed by atoms with Crippen LogP contribution in [0.1, 0.15) is 53.4 Å². The van der Waals surface area contributed by atoms with Gasteiger partial charge in [0.25, 0.3) is 0 Å². The lowest BCUT2D eigenvalue weighted by atomic mass is 9.90. The smallest absolute Gasteiger partial charge is 0.222 e. The molecule has 1 aliphatic heterocycles. The van der Waals surface area contributed by atoms with Crippen LogP contribution in [-0.4, -0.2) is 47.7 Å². The van der Waals surface area contributed by atoms with Crippen LogP contribution in [0.4, 0.5) is 0 Å². The van der Waals surface area contributed by atoms with Gasteiger partial charge in [-0.25, -0.2) is 0 Å². The van der Waals surface area contributed by atoms with E-state index in [2.05, 4.69) is 19.2 Å². The Kier molecular flexibility index (Phi) is 7.52. The van der Waals surface area contributed by atoms with Crippen molar-refractivity contribution in [2.45, 2.75) is 65.5 Å². The van der Waals surface area contributed by atoms with Gasteiger partial charge in [-0.15, -0.1) is 0 Å². The van der Waals surface area contributed by atoms with E-state index in [1.807, 2.05) is 18.7 Å². The molecule has 1 rings (SSSR count). The molecule has 4 heteroatoms. The second-order valence-corrected chi connectivity index (χ2v) is 6.62. The number of hydrogen-bond donors (Lipinski definition) is 2. The summed E-state index contributed by atoms with van der Waals surface area (Å²) in [6, 6.07) is 0.322. The summed E-state index contributed by atoms with van der Waals surface area (Å²) < 4.78 is 0. The molecule has 0 bridgehead atoms. The van der Waals surface area contributed by atoms with Crippen molar-refractivity contribution in [3.05, 3.63) is 0 Å². The van der Waals surface area contributed by atoms with Crippen molar-refractivity contribution < 1.29 is 9.90 Å². The highest BCUT2D eigenvalue weighted by Crippen LogP contribution is 2.21. The average Bonchev–Trinajstić information content (AvgIpc) is 2.38. The van der Waals surface area contributed by atoms with E-state index in [0.717, 1.165) is 32.4 Å². The van der Waals surface area contributed by atoms with Crippen molar-refractivity contribution in [2.24, 2.45) is 11.8 Å². The lowest BCUT2D eigenvalue weighted by molar-refractivity contribution is -0.134. The zero-order chi connectivity index (χ0) is 15.1. The van der Waals surface area contributed by atoms with Crippen LogP contribution in [0.2, 0.25) is 0 Å². The van der Waals surface area contributed by atoms with Crippen LogP contribution in [0.5, 0.6) is 0 Å². The molecule has 0 aliphatic carbocycles. The monoisotopic (exact) mass is 284 g/mol. The van der Waals surface area contributed by atoms with Crippen molar-refractivity contribution in [2.75, 3.05) is 19.6 Å². The predicted molar refractivity (Wildman–Crippen MR) is 82.5 cm³/mol. The molecular weight excluding hydrogens is 252 g/mol. The Hall–Kier alpha value is -0.610. The summed E-state index contributed by atoms with van der Waals surface area (Å²) in [5, 5.41) is 13.4. The van der Waals surface area contributed by atoms with Crippen LogP contribution in [-0.2, 0) is 4.79 Å². The Morgan fingerprint density at radius 3 is 2.60 bits per heavy atom. The molecule has 1 saturated heterocycles. The summed E-state index contributed by atoms with van der Waals surface area (Å²) in [6.45, 7) is 10.8. The van der Waals surface area contributed by atoms with Crippen LogP contribution < -0.4 is 5.32 Å². The number of piperidine rings is 1. The molecule has 1 heterocycles.